The Balaban J connectivity index is 2.70. The molecule has 302 valence electrons. The van der Waals surface area contributed by atoms with Gasteiger partial charge in [0.1, 0.15) is 25.9 Å². The molecule has 0 fully saturated rings. The second kappa shape index (κ2) is 32.8. The van der Waals surface area contributed by atoms with Gasteiger partial charge in [0.25, 0.3) is 0 Å². The summed E-state index contributed by atoms with van der Waals surface area (Å²) in [5.41, 5.74) is 11.6. The molecule has 2 atom stereocenters. The average molecular weight is 747 g/mol. The third-order valence-corrected chi connectivity index (χ3v) is 8.84. The molecule has 1 rings (SSSR count). The zero-order valence-corrected chi connectivity index (χ0v) is 32.8. The number of ether oxygens (including phenoxy) is 4. The van der Waals surface area contributed by atoms with E-state index in [0.29, 0.717) is 12.8 Å². The minimum atomic E-state index is -1.08. The molecule has 12 heteroatoms. The Bertz CT molecular complexity index is 1130. The number of guanidine groups is 1. The van der Waals surface area contributed by atoms with E-state index in [2.05, 4.69) is 24.2 Å². The smallest absolute Gasteiger partial charge is 0.408 e. The number of hydrogen-bond donors (Lipinski definition) is 3. The molecule has 0 aliphatic carbocycles. The number of hydrogen-bond acceptors (Lipinski definition) is 9. The number of carbonyl (C=O) groups is 4. The number of carbonyl (C=O) groups excluding carboxylic acids is 4. The molecule has 0 aliphatic heterocycles. The van der Waals surface area contributed by atoms with Crippen LogP contribution in [0.15, 0.2) is 35.3 Å². The first-order valence-corrected chi connectivity index (χ1v) is 20.3. The van der Waals surface area contributed by atoms with E-state index in [4.69, 9.17) is 30.4 Å². The fourth-order valence-corrected chi connectivity index (χ4v) is 5.71. The fraction of sp³-hybridized carbons (Fsp3) is 0.732. The monoisotopic (exact) mass is 747 g/mol. The molecule has 0 radical (unpaired) electrons. The number of aliphatic imine (C=N–C) groups is 1. The van der Waals surface area contributed by atoms with Crippen LogP contribution in [0.1, 0.15) is 161 Å². The third-order valence-electron chi connectivity index (χ3n) is 8.84. The zero-order valence-electron chi connectivity index (χ0n) is 32.8. The molecule has 53 heavy (non-hydrogen) atoms. The summed E-state index contributed by atoms with van der Waals surface area (Å²) in [7, 11) is 0. The van der Waals surface area contributed by atoms with E-state index in [-0.39, 0.29) is 57.6 Å². The van der Waals surface area contributed by atoms with Crippen molar-refractivity contribution in [2.75, 3.05) is 19.8 Å². The summed E-state index contributed by atoms with van der Waals surface area (Å²) in [6, 6.07) is 8.06. The van der Waals surface area contributed by atoms with Crippen LogP contribution in [0.3, 0.4) is 0 Å². The second-order valence-corrected chi connectivity index (χ2v) is 13.8. The van der Waals surface area contributed by atoms with Crippen LogP contribution in [0.25, 0.3) is 0 Å². The van der Waals surface area contributed by atoms with Crippen molar-refractivity contribution >= 4 is 30.0 Å². The van der Waals surface area contributed by atoms with Crippen LogP contribution in [0.5, 0.6) is 0 Å². The van der Waals surface area contributed by atoms with Gasteiger partial charge in [-0.2, -0.15) is 0 Å². The lowest BCUT2D eigenvalue weighted by Crippen LogP contribution is -2.43. The van der Waals surface area contributed by atoms with Gasteiger partial charge in [0, 0.05) is 19.4 Å². The summed E-state index contributed by atoms with van der Waals surface area (Å²) in [6.45, 7) is 4.08. The van der Waals surface area contributed by atoms with E-state index < -0.39 is 30.2 Å². The first kappa shape index (κ1) is 47.2. The van der Waals surface area contributed by atoms with Crippen LogP contribution < -0.4 is 16.8 Å². The minimum Gasteiger partial charge on any atom is -0.462 e. The van der Waals surface area contributed by atoms with Gasteiger partial charge in [-0.3, -0.25) is 14.6 Å². The van der Waals surface area contributed by atoms with Crippen LogP contribution in [0, 0.1) is 0 Å². The van der Waals surface area contributed by atoms with Crippen LogP contribution in [-0.2, 0) is 39.9 Å². The summed E-state index contributed by atoms with van der Waals surface area (Å²) in [6.07, 6.45) is 19.4. The highest BCUT2D eigenvalue weighted by atomic mass is 16.6. The Morgan fingerprint density at radius 1 is 0.642 bits per heavy atom. The molecule has 12 nitrogen and oxygen atoms in total. The molecule has 0 heterocycles. The maximum atomic E-state index is 13.2. The van der Waals surface area contributed by atoms with Crippen LogP contribution in [0.4, 0.5) is 4.79 Å². The van der Waals surface area contributed by atoms with Gasteiger partial charge in [0.05, 0.1) is 0 Å². The highest BCUT2D eigenvalue weighted by Gasteiger charge is 2.26. The fourth-order valence-electron chi connectivity index (χ4n) is 5.71. The highest BCUT2D eigenvalue weighted by Crippen LogP contribution is 2.14. The molecule has 1 aromatic rings. The second-order valence-electron chi connectivity index (χ2n) is 13.8. The lowest BCUT2D eigenvalue weighted by Gasteiger charge is -2.21. The number of alkyl carbamates (subject to hydrolysis) is 1. The van der Waals surface area contributed by atoms with E-state index in [1.54, 1.807) is 0 Å². The summed E-state index contributed by atoms with van der Waals surface area (Å²) in [4.78, 5) is 55.1. The molecule has 0 saturated heterocycles. The molecular formula is C41H70N4O8. The summed E-state index contributed by atoms with van der Waals surface area (Å²) in [5, 5.41) is 2.56. The first-order valence-electron chi connectivity index (χ1n) is 20.3. The molecule has 0 aromatic heterocycles. The third kappa shape index (κ3) is 28.4. The van der Waals surface area contributed by atoms with Gasteiger partial charge in [-0.05, 0) is 31.2 Å². The topological polar surface area (TPSA) is 182 Å². The molecular weight excluding hydrogens is 676 g/mol. The van der Waals surface area contributed by atoms with E-state index >= 15 is 0 Å². The first-order chi connectivity index (χ1) is 25.7. The standard InChI is InChI=1S/C41H70N4O8/c1-3-5-7-9-11-13-15-17-22-28-37(46)50-32-35(53-38(47)29-23-18-16-14-12-10-8-6-4-2)33-51-39(48)36(27-24-30-44-40(42)43)45-41(49)52-31-34-25-20-19-21-26-34/h19-21,25-26,35-36H,3-18,22-24,27-33H2,1-2H3,(H,45,49)(H4,42,43,44)/t35-,36+/m1/s1. The number of amides is 1. The molecule has 1 aromatic carbocycles. The normalized spacial score (nSPS) is 12.0. The lowest BCUT2D eigenvalue weighted by molar-refractivity contribution is -0.167. The maximum absolute atomic E-state index is 13.2. The van der Waals surface area contributed by atoms with E-state index in [9.17, 15) is 19.2 Å². The Labute approximate surface area is 318 Å². The Kier molecular flexibility index (Phi) is 29.2. The van der Waals surface area contributed by atoms with Crippen molar-refractivity contribution in [1.82, 2.24) is 5.32 Å². The quantitative estimate of drug-likeness (QED) is 0.0209. The number of rotatable bonds is 33. The minimum absolute atomic E-state index is 0.0177. The van der Waals surface area contributed by atoms with Crippen LogP contribution >= 0.6 is 0 Å². The van der Waals surface area contributed by atoms with E-state index in [0.717, 1.165) is 50.5 Å². The van der Waals surface area contributed by atoms with Gasteiger partial charge in [-0.1, -0.05) is 147 Å². The summed E-state index contributed by atoms with van der Waals surface area (Å²) < 4.78 is 22.0. The van der Waals surface area contributed by atoms with Crippen molar-refractivity contribution in [2.45, 2.75) is 174 Å². The SMILES string of the molecule is CCCCCCCCCCCC(=O)OC[C@H](COC(=O)[C@H](CCCN=C(N)N)NC(=O)OCc1ccccc1)OC(=O)CCCCCCCCCCC. The van der Waals surface area contributed by atoms with Crippen molar-refractivity contribution in [1.29, 1.82) is 0 Å². The Morgan fingerprint density at radius 3 is 1.70 bits per heavy atom. The maximum Gasteiger partial charge on any atom is 0.408 e. The zero-order chi connectivity index (χ0) is 38.8. The molecule has 0 saturated carbocycles. The van der Waals surface area contributed by atoms with Gasteiger partial charge < -0.3 is 35.7 Å². The molecule has 0 bridgehead atoms. The van der Waals surface area contributed by atoms with E-state index in [1.807, 2.05) is 30.3 Å². The predicted molar refractivity (Wildman–Crippen MR) is 209 cm³/mol. The predicted octanol–water partition coefficient (Wildman–Crippen LogP) is 8.18. The number of nitrogens with two attached hydrogens (primary N) is 2. The number of unbranched alkanes of at least 4 members (excludes halogenated alkanes) is 16. The molecule has 0 spiro atoms. The highest BCUT2D eigenvalue weighted by molar-refractivity contribution is 5.81. The number of nitrogens with zero attached hydrogens (tertiary/aromatic N) is 1. The largest absolute Gasteiger partial charge is 0.462 e. The lowest BCUT2D eigenvalue weighted by atomic mass is 10.1. The van der Waals surface area contributed by atoms with Gasteiger partial charge in [0.2, 0.25) is 0 Å². The van der Waals surface area contributed by atoms with Gasteiger partial charge in [0.15, 0.2) is 12.1 Å². The Morgan fingerprint density at radius 2 is 1.15 bits per heavy atom. The number of nitrogens with one attached hydrogen (secondary N) is 1. The average Bonchev–Trinajstić information content (AvgIpc) is 3.15. The van der Waals surface area contributed by atoms with Gasteiger partial charge >= 0.3 is 24.0 Å². The number of esters is 3. The van der Waals surface area contributed by atoms with Gasteiger partial charge in [-0.15, -0.1) is 0 Å². The van der Waals surface area contributed by atoms with Gasteiger partial charge in [-0.25, -0.2) is 9.59 Å². The van der Waals surface area contributed by atoms with Crippen molar-refractivity contribution in [3.8, 4) is 0 Å². The van der Waals surface area contributed by atoms with Crippen LogP contribution in [0.2, 0.25) is 0 Å². The summed E-state index contributed by atoms with van der Waals surface area (Å²) >= 11 is 0. The molecule has 0 aliphatic rings. The van der Waals surface area contributed by atoms with E-state index in [1.165, 1.54) is 64.2 Å². The number of benzene rings is 1. The van der Waals surface area contributed by atoms with Crippen molar-refractivity contribution < 1.29 is 38.1 Å². The molecule has 5 N–H and O–H groups in total. The Hall–Kier alpha value is -3.83. The van der Waals surface area contributed by atoms with Crippen molar-refractivity contribution in [3.05, 3.63) is 35.9 Å². The summed E-state index contributed by atoms with van der Waals surface area (Å²) in [5.74, 6) is -1.67. The van der Waals surface area contributed by atoms with Crippen LogP contribution in [-0.4, -0.2) is 61.9 Å². The molecule has 1 amide bonds. The van der Waals surface area contributed by atoms with Crippen molar-refractivity contribution in [2.24, 2.45) is 16.5 Å². The van der Waals surface area contributed by atoms with Crippen molar-refractivity contribution in [3.63, 3.8) is 0 Å². The molecule has 0 unspecified atom stereocenters.